The molecular formula is C16H25N3O. The number of piperazine rings is 1. The van der Waals surface area contributed by atoms with Gasteiger partial charge in [0.1, 0.15) is 0 Å². The number of carbonyl (C=O) groups is 1. The maximum atomic E-state index is 12.0. The van der Waals surface area contributed by atoms with E-state index in [1.54, 1.807) is 0 Å². The molecule has 4 heteroatoms. The molecule has 1 fully saturated rings. The standard InChI is InChI=1S/C16H25N3O/c1-2-18-10-12-19(13-11-18)16(20)14-17-9-8-15-6-4-3-5-7-15/h3-7,17H,2,8-14H2,1H3. The van der Waals surface area contributed by atoms with Crippen LogP contribution in [0.15, 0.2) is 30.3 Å². The molecule has 1 amide bonds. The van der Waals surface area contributed by atoms with Gasteiger partial charge in [0, 0.05) is 26.2 Å². The van der Waals surface area contributed by atoms with E-state index in [9.17, 15) is 4.79 Å². The zero-order valence-corrected chi connectivity index (χ0v) is 12.3. The Morgan fingerprint density at radius 3 is 2.50 bits per heavy atom. The molecule has 1 aromatic rings. The minimum absolute atomic E-state index is 0.230. The van der Waals surface area contributed by atoms with Gasteiger partial charge in [-0.25, -0.2) is 0 Å². The molecule has 1 aliphatic rings. The summed E-state index contributed by atoms with van der Waals surface area (Å²) >= 11 is 0. The first-order valence-electron chi connectivity index (χ1n) is 7.54. The van der Waals surface area contributed by atoms with Crippen molar-refractivity contribution in [3.63, 3.8) is 0 Å². The van der Waals surface area contributed by atoms with E-state index in [4.69, 9.17) is 0 Å². The van der Waals surface area contributed by atoms with Crippen LogP contribution in [0.5, 0.6) is 0 Å². The van der Waals surface area contributed by atoms with Gasteiger partial charge in [0.05, 0.1) is 6.54 Å². The molecule has 0 radical (unpaired) electrons. The number of benzene rings is 1. The lowest BCUT2D eigenvalue weighted by Gasteiger charge is -2.34. The SMILES string of the molecule is CCN1CCN(C(=O)CNCCc2ccccc2)CC1. The van der Waals surface area contributed by atoms with Crippen molar-refractivity contribution in [3.05, 3.63) is 35.9 Å². The van der Waals surface area contributed by atoms with Gasteiger partial charge < -0.3 is 15.1 Å². The molecular weight excluding hydrogens is 250 g/mol. The fourth-order valence-corrected chi connectivity index (χ4v) is 2.50. The normalized spacial score (nSPS) is 16.4. The molecule has 0 aliphatic carbocycles. The average molecular weight is 275 g/mol. The number of nitrogens with one attached hydrogen (secondary N) is 1. The first kappa shape index (κ1) is 15.0. The molecule has 0 unspecified atom stereocenters. The fraction of sp³-hybridized carbons (Fsp3) is 0.562. The van der Waals surface area contributed by atoms with Crippen LogP contribution < -0.4 is 5.32 Å². The summed E-state index contributed by atoms with van der Waals surface area (Å²) in [5.41, 5.74) is 1.31. The molecule has 1 saturated heterocycles. The molecule has 0 aromatic heterocycles. The monoisotopic (exact) mass is 275 g/mol. The molecule has 0 bridgehead atoms. The van der Waals surface area contributed by atoms with Crippen molar-refractivity contribution in [3.8, 4) is 0 Å². The third-order valence-corrected chi connectivity index (χ3v) is 3.88. The minimum atomic E-state index is 0.230. The van der Waals surface area contributed by atoms with Gasteiger partial charge in [-0.3, -0.25) is 4.79 Å². The Labute approximate surface area is 121 Å². The van der Waals surface area contributed by atoms with Crippen molar-refractivity contribution >= 4 is 5.91 Å². The van der Waals surface area contributed by atoms with Crippen LogP contribution in [0.2, 0.25) is 0 Å². The van der Waals surface area contributed by atoms with Gasteiger partial charge in [-0.15, -0.1) is 0 Å². The van der Waals surface area contributed by atoms with E-state index in [2.05, 4.69) is 29.3 Å². The van der Waals surface area contributed by atoms with Gasteiger partial charge in [0.15, 0.2) is 0 Å². The molecule has 1 heterocycles. The van der Waals surface area contributed by atoms with Gasteiger partial charge in [-0.2, -0.15) is 0 Å². The van der Waals surface area contributed by atoms with Crippen LogP contribution in [0.3, 0.4) is 0 Å². The van der Waals surface area contributed by atoms with Gasteiger partial charge in [0.25, 0.3) is 0 Å². The smallest absolute Gasteiger partial charge is 0.236 e. The third kappa shape index (κ3) is 4.62. The second kappa shape index (κ2) is 8.02. The molecule has 1 aromatic carbocycles. The van der Waals surface area contributed by atoms with Crippen molar-refractivity contribution in [1.29, 1.82) is 0 Å². The Hall–Kier alpha value is -1.39. The summed E-state index contributed by atoms with van der Waals surface area (Å²) in [6.45, 7) is 8.31. The molecule has 110 valence electrons. The highest BCUT2D eigenvalue weighted by Crippen LogP contribution is 2.01. The van der Waals surface area contributed by atoms with Crippen LogP contribution in [0.25, 0.3) is 0 Å². The molecule has 20 heavy (non-hydrogen) atoms. The fourth-order valence-electron chi connectivity index (χ4n) is 2.50. The topological polar surface area (TPSA) is 35.6 Å². The zero-order chi connectivity index (χ0) is 14.2. The van der Waals surface area contributed by atoms with E-state index in [0.717, 1.165) is 45.7 Å². The number of amides is 1. The number of rotatable bonds is 6. The van der Waals surface area contributed by atoms with E-state index < -0.39 is 0 Å². The summed E-state index contributed by atoms with van der Waals surface area (Å²) in [6.07, 6.45) is 0.970. The summed E-state index contributed by atoms with van der Waals surface area (Å²) in [4.78, 5) is 16.4. The number of carbonyl (C=O) groups excluding carboxylic acids is 1. The van der Waals surface area contributed by atoms with Crippen LogP contribution >= 0.6 is 0 Å². The first-order valence-corrected chi connectivity index (χ1v) is 7.54. The number of hydrogen-bond donors (Lipinski definition) is 1. The van der Waals surface area contributed by atoms with Gasteiger partial charge in [0.2, 0.25) is 5.91 Å². The summed E-state index contributed by atoms with van der Waals surface area (Å²) in [5.74, 6) is 0.230. The Bertz CT molecular complexity index is 399. The predicted molar refractivity (Wildman–Crippen MR) is 81.7 cm³/mol. The largest absolute Gasteiger partial charge is 0.339 e. The Kier molecular flexibility index (Phi) is 6.02. The Morgan fingerprint density at radius 1 is 1.15 bits per heavy atom. The van der Waals surface area contributed by atoms with Crippen molar-refractivity contribution in [2.75, 3.05) is 45.8 Å². The maximum Gasteiger partial charge on any atom is 0.236 e. The highest BCUT2D eigenvalue weighted by molar-refractivity contribution is 5.78. The molecule has 4 nitrogen and oxygen atoms in total. The van der Waals surface area contributed by atoms with Crippen LogP contribution in [0, 0.1) is 0 Å². The van der Waals surface area contributed by atoms with E-state index >= 15 is 0 Å². The zero-order valence-electron chi connectivity index (χ0n) is 12.3. The second-order valence-corrected chi connectivity index (χ2v) is 5.23. The van der Waals surface area contributed by atoms with Gasteiger partial charge >= 0.3 is 0 Å². The van der Waals surface area contributed by atoms with Crippen molar-refractivity contribution < 1.29 is 4.79 Å². The second-order valence-electron chi connectivity index (χ2n) is 5.23. The molecule has 0 atom stereocenters. The van der Waals surface area contributed by atoms with Crippen LogP contribution in [0.1, 0.15) is 12.5 Å². The lowest BCUT2D eigenvalue weighted by Crippen LogP contribution is -2.50. The Morgan fingerprint density at radius 2 is 1.85 bits per heavy atom. The van der Waals surface area contributed by atoms with Crippen molar-refractivity contribution in [2.24, 2.45) is 0 Å². The molecule has 0 saturated carbocycles. The van der Waals surface area contributed by atoms with Crippen LogP contribution in [-0.4, -0.2) is 61.5 Å². The molecule has 1 aliphatic heterocycles. The van der Waals surface area contributed by atoms with Crippen molar-refractivity contribution in [1.82, 2.24) is 15.1 Å². The first-order chi connectivity index (χ1) is 9.79. The van der Waals surface area contributed by atoms with E-state index in [0.29, 0.717) is 6.54 Å². The predicted octanol–water partition coefficient (Wildman–Crippen LogP) is 0.983. The van der Waals surface area contributed by atoms with Crippen LogP contribution in [0.4, 0.5) is 0 Å². The summed E-state index contributed by atoms with van der Waals surface area (Å²) < 4.78 is 0. The van der Waals surface area contributed by atoms with E-state index in [1.807, 2.05) is 23.1 Å². The third-order valence-electron chi connectivity index (χ3n) is 3.88. The van der Waals surface area contributed by atoms with Gasteiger partial charge in [-0.05, 0) is 25.1 Å². The van der Waals surface area contributed by atoms with Crippen LogP contribution in [-0.2, 0) is 11.2 Å². The molecule has 0 spiro atoms. The summed E-state index contributed by atoms with van der Waals surface area (Å²) in [7, 11) is 0. The van der Waals surface area contributed by atoms with Crippen molar-refractivity contribution in [2.45, 2.75) is 13.3 Å². The Balaban J connectivity index is 1.61. The maximum absolute atomic E-state index is 12.0. The molecule has 2 rings (SSSR count). The van der Waals surface area contributed by atoms with Gasteiger partial charge in [-0.1, -0.05) is 37.3 Å². The lowest BCUT2D eigenvalue weighted by atomic mass is 10.1. The highest BCUT2D eigenvalue weighted by atomic mass is 16.2. The lowest BCUT2D eigenvalue weighted by molar-refractivity contribution is -0.131. The van der Waals surface area contributed by atoms with E-state index in [-0.39, 0.29) is 5.91 Å². The number of nitrogens with zero attached hydrogens (tertiary/aromatic N) is 2. The molecule has 1 N–H and O–H groups in total. The average Bonchev–Trinajstić information content (AvgIpc) is 2.52. The summed E-state index contributed by atoms with van der Waals surface area (Å²) in [6, 6.07) is 10.4. The minimum Gasteiger partial charge on any atom is -0.339 e. The number of likely N-dealkylation sites (N-methyl/N-ethyl adjacent to an activating group) is 1. The quantitative estimate of drug-likeness (QED) is 0.786. The highest BCUT2D eigenvalue weighted by Gasteiger charge is 2.19. The number of hydrogen-bond acceptors (Lipinski definition) is 3. The summed E-state index contributed by atoms with van der Waals surface area (Å²) in [5, 5.41) is 3.25. The van der Waals surface area contributed by atoms with E-state index in [1.165, 1.54) is 5.56 Å².